The maximum Gasteiger partial charge on any atom is 0.257 e. The summed E-state index contributed by atoms with van der Waals surface area (Å²) in [5.74, 6) is 0.376. The van der Waals surface area contributed by atoms with Crippen LogP contribution in [0.2, 0.25) is 10.3 Å². The van der Waals surface area contributed by atoms with Crippen molar-refractivity contribution in [3.8, 4) is 0 Å². The molecule has 1 fully saturated rings. The lowest BCUT2D eigenvalue weighted by molar-refractivity contribution is 0.0613. The van der Waals surface area contributed by atoms with Gasteiger partial charge in [0.25, 0.3) is 5.91 Å². The van der Waals surface area contributed by atoms with Gasteiger partial charge in [-0.05, 0) is 24.8 Å². The van der Waals surface area contributed by atoms with Gasteiger partial charge in [-0.2, -0.15) is 0 Å². The highest BCUT2D eigenvalue weighted by molar-refractivity contribution is 6.34. The van der Waals surface area contributed by atoms with Crippen LogP contribution in [0.5, 0.6) is 0 Å². The van der Waals surface area contributed by atoms with Gasteiger partial charge in [0.15, 0.2) is 10.3 Å². The van der Waals surface area contributed by atoms with Crippen molar-refractivity contribution in [1.82, 2.24) is 15.1 Å². The van der Waals surface area contributed by atoms with Gasteiger partial charge < -0.3 is 9.64 Å². The first-order valence-electron chi connectivity index (χ1n) is 6.08. The Morgan fingerprint density at radius 2 is 2.11 bits per heavy atom. The molecule has 1 saturated heterocycles. The number of amides is 1. The molecule has 0 aliphatic carbocycles. The van der Waals surface area contributed by atoms with E-state index < -0.39 is 0 Å². The Kier molecular flexibility index (Phi) is 4.96. The van der Waals surface area contributed by atoms with Crippen LogP contribution in [-0.4, -0.2) is 47.8 Å². The molecule has 2 rings (SSSR count). The maximum atomic E-state index is 12.3. The molecule has 0 spiro atoms. The van der Waals surface area contributed by atoms with E-state index in [1.807, 2.05) is 0 Å². The SMILES string of the molecule is COCC1CCN(C(=O)c2cc(Cl)nnc2Cl)CC1. The largest absolute Gasteiger partial charge is 0.384 e. The number of piperidine rings is 1. The molecular weight excluding hydrogens is 289 g/mol. The van der Waals surface area contributed by atoms with E-state index in [4.69, 9.17) is 27.9 Å². The lowest BCUT2D eigenvalue weighted by Gasteiger charge is -2.31. The van der Waals surface area contributed by atoms with Crippen LogP contribution in [-0.2, 0) is 4.74 Å². The average Bonchev–Trinajstić information content (AvgIpc) is 2.42. The normalized spacial score (nSPS) is 16.7. The van der Waals surface area contributed by atoms with Crippen molar-refractivity contribution in [2.45, 2.75) is 12.8 Å². The zero-order valence-corrected chi connectivity index (χ0v) is 12.1. The van der Waals surface area contributed by atoms with E-state index in [0.29, 0.717) is 24.6 Å². The summed E-state index contributed by atoms with van der Waals surface area (Å²) in [5.41, 5.74) is 0.312. The highest BCUT2D eigenvalue weighted by atomic mass is 35.5. The first kappa shape index (κ1) is 14.5. The van der Waals surface area contributed by atoms with Crippen LogP contribution in [0.15, 0.2) is 6.07 Å². The molecule has 0 unspecified atom stereocenters. The second-order valence-corrected chi connectivity index (χ2v) is 5.31. The molecule has 7 heteroatoms. The summed E-state index contributed by atoms with van der Waals surface area (Å²) < 4.78 is 5.14. The maximum absolute atomic E-state index is 12.3. The average molecular weight is 304 g/mol. The number of hydrogen-bond donors (Lipinski definition) is 0. The van der Waals surface area contributed by atoms with Crippen LogP contribution in [0.1, 0.15) is 23.2 Å². The molecule has 5 nitrogen and oxygen atoms in total. The van der Waals surface area contributed by atoms with Crippen molar-refractivity contribution in [3.05, 3.63) is 21.9 Å². The summed E-state index contributed by atoms with van der Waals surface area (Å²) in [6, 6.07) is 1.46. The van der Waals surface area contributed by atoms with Crippen molar-refractivity contribution in [2.75, 3.05) is 26.8 Å². The number of likely N-dealkylation sites (tertiary alicyclic amines) is 1. The van der Waals surface area contributed by atoms with Gasteiger partial charge in [0, 0.05) is 26.8 Å². The molecule has 1 aromatic heterocycles. The predicted octanol–water partition coefficient (Wildman–Crippen LogP) is 2.28. The molecule has 0 N–H and O–H groups in total. The van der Waals surface area contributed by atoms with E-state index in [2.05, 4.69) is 10.2 Å². The fourth-order valence-electron chi connectivity index (χ4n) is 2.21. The summed E-state index contributed by atoms with van der Waals surface area (Å²) in [7, 11) is 1.70. The minimum atomic E-state index is -0.141. The number of hydrogen-bond acceptors (Lipinski definition) is 4. The fourth-order valence-corrected chi connectivity index (χ4v) is 2.53. The second-order valence-electron chi connectivity index (χ2n) is 4.56. The third kappa shape index (κ3) is 3.55. The molecule has 1 aliphatic heterocycles. The number of aromatic nitrogens is 2. The molecule has 19 heavy (non-hydrogen) atoms. The highest BCUT2D eigenvalue weighted by Crippen LogP contribution is 2.22. The molecule has 0 radical (unpaired) electrons. The number of ether oxygens (including phenoxy) is 1. The van der Waals surface area contributed by atoms with Gasteiger partial charge in [-0.15, -0.1) is 10.2 Å². The molecule has 104 valence electrons. The fraction of sp³-hybridized carbons (Fsp3) is 0.583. The van der Waals surface area contributed by atoms with Crippen molar-refractivity contribution in [2.24, 2.45) is 5.92 Å². The summed E-state index contributed by atoms with van der Waals surface area (Å²) in [5, 5.41) is 7.51. The Labute approximate surface area is 121 Å². The van der Waals surface area contributed by atoms with E-state index in [1.54, 1.807) is 12.0 Å². The monoisotopic (exact) mass is 303 g/mol. The predicted molar refractivity (Wildman–Crippen MR) is 72.6 cm³/mol. The zero-order valence-electron chi connectivity index (χ0n) is 10.6. The first-order valence-corrected chi connectivity index (χ1v) is 6.84. The molecule has 0 bridgehead atoms. The summed E-state index contributed by atoms with van der Waals surface area (Å²) >= 11 is 11.6. The first-order chi connectivity index (χ1) is 9.11. The van der Waals surface area contributed by atoms with E-state index >= 15 is 0 Å². The molecule has 0 atom stereocenters. The minimum Gasteiger partial charge on any atom is -0.384 e. The van der Waals surface area contributed by atoms with Crippen LogP contribution in [0, 0.1) is 5.92 Å². The Balaban J connectivity index is 2.03. The third-order valence-electron chi connectivity index (χ3n) is 3.25. The molecular formula is C12H15Cl2N3O2. The van der Waals surface area contributed by atoms with Gasteiger partial charge in [-0.1, -0.05) is 23.2 Å². The number of halogens is 2. The number of rotatable bonds is 3. The third-order valence-corrected chi connectivity index (χ3v) is 3.72. The number of nitrogens with zero attached hydrogens (tertiary/aromatic N) is 3. The van der Waals surface area contributed by atoms with Crippen LogP contribution in [0.4, 0.5) is 0 Å². The smallest absolute Gasteiger partial charge is 0.257 e. The number of methoxy groups -OCH3 is 1. The van der Waals surface area contributed by atoms with E-state index in [1.165, 1.54) is 6.07 Å². The standard InChI is InChI=1S/C12H15Cl2N3O2/c1-19-7-8-2-4-17(5-3-8)12(18)9-6-10(13)15-16-11(9)14/h6,8H,2-5,7H2,1H3. The molecule has 2 heterocycles. The lowest BCUT2D eigenvalue weighted by Crippen LogP contribution is -2.39. The van der Waals surface area contributed by atoms with Crippen LogP contribution >= 0.6 is 23.2 Å². The van der Waals surface area contributed by atoms with Crippen molar-refractivity contribution in [1.29, 1.82) is 0 Å². The van der Waals surface area contributed by atoms with Gasteiger partial charge in [-0.3, -0.25) is 4.79 Å². The van der Waals surface area contributed by atoms with Crippen molar-refractivity contribution in [3.63, 3.8) is 0 Å². The Morgan fingerprint density at radius 1 is 1.42 bits per heavy atom. The number of carbonyl (C=O) groups is 1. The van der Waals surface area contributed by atoms with Crippen LogP contribution in [0.3, 0.4) is 0 Å². The topological polar surface area (TPSA) is 55.3 Å². The van der Waals surface area contributed by atoms with Gasteiger partial charge in [0.1, 0.15) is 0 Å². The zero-order chi connectivity index (χ0) is 13.8. The molecule has 1 amide bonds. The quantitative estimate of drug-likeness (QED) is 0.859. The van der Waals surface area contributed by atoms with E-state index in [-0.39, 0.29) is 16.2 Å². The summed E-state index contributed by atoms with van der Waals surface area (Å²) in [6.45, 7) is 2.14. The van der Waals surface area contributed by atoms with Crippen LogP contribution in [0.25, 0.3) is 0 Å². The minimum absolute atomic E-state index is 0.0911. The van der Waals surface area contributed by atoms with Gasteiger partial charge in [0.2, 0.25) is 0 Å². The lowest BCUT2D eigenvalue weighted by atomic mass is 9.97. The Hall–Kier alpha value is -0.910. The Morgan fingerprint density at radius 3 is 2.74 bits per heavy atom. The van der Waals surface area contributed by atoms with Crippen molar-refractivity contribution < 1.29 is 9.53 Å². The number of carbonyl (C=O) groups excluding carboxylic acids is 1. The second kappa shape index (κ2) is 6.50. The molecule has 0 saturated carbocycles. The summed E-state index contributed by atoms with van der Waals surface area (Å²) in [4.78, 5) is 14.1. The molecule has 0 aromatic carbocycles. The van der Waals surface area contributed by atoms with Crippen molar-refractivity contribution >= 4 is 29.1 Å². The van der Waals surface area contributed by atoms with E-state index in [9.17, 15) is 4.79 Å². The Bertz CT molecular complexity index is 462. The van der Waals surface area contributed by atoms with Gasteiger partial charge in [0.05, 0.1) is 5.56 Å². The molecule has 1 aromatic rings. The van der Waals surface area contributed by atoms with Gasteiger partial charge in [-0.25, -0.2) is 0 Å². The highest BCUT2D eigenvalue weighted by Gasteiger charge is 2.25. The molecule has 1 aliphatic rings. The van der Waals surface area contributed by atoms with Gasteiger partial charge >= 0.3 is 0 Å². The van der Waals surface area contributed by atoms with E-state index in [0.717, 1.165) is 19.4 Å². The van der Waals surface area contributed by atoms with Crippen LogP contribution < -0.4 is 0 Å². The summed E-state index contributed by atoms with van der Waals surface area (Å²) in [6.07, 6.45) is 1.87.